The lowest BCUT2D eigenvalue weighted by atomic mass is 10.2. The van der Waals surface area contributed by atoms with E-state index in [9.17, 15) is 4.79 Å². The van der Waals surface area contributed by atoms with Gasteiger partial charge in [-0.1, -0.05) is 0 Å². The molecule has 0 saturated heterocycles. The van der Waals surface area contributed by atoms with Crippen molar-refractivity contribution in [2.45, 2.75) is 32.7 Å². The van der Waals surface area contributed by atoms with Crippen LogP contribution in [0.15, 0.2) is 23.7 Å². The maximum absolute atomic E-state index is 12.6. The summed E-state index contributed by atoms with van der Waals surface area (Å²) in [6.07, 6.45) is 3.92. The number of amides is 1. The zero-order chi connectivity index (χ0) is 17.6. The van der Waals surface area contributed by atoms with E-state index in [0.717, 1.165) is 10.6 Å². The molecule has 1 amide bonds. The first-order valence-electron chi connectivity index (χ1n) is 8.20. The van der Waals surface area contributed by atoms with Crippen molar-refractivity contribution in [1.29, 1.82) is 0 Å². The number of carbonyl (C=O) groups excluding carboxylic acids is 1. The van der Waals surface area contributed by atoms with E-state index in [0.29, 0.717) is 28.5 Å². The quantitative estimate of drug-likeness (QED) is 0.726. The minimum absolute atomic E-state index is 0.143. The van der Waals surface area contributed by atoms with Crippen LogP contribution in [0.3, 0.4) is 0 Å². The van der Waals surface area contributed by atoms with Crippen LogP contribution < -0.4 is 5.32 Å². The highest BCUT2D eigenvalue weighted by atomic mass is 32.1. The number of carbonyl (C=O) groups is 1. The lowest BCUT2D eigenvalue weighted by Gasteiger charge is -2.12. The molecule has 1 saturated carbocycles. The van der Waals surface area contributed by atoms with Gasteiger partial charge in [-0.2, -0.15) is 16.4 Å². The Morgan fingerprint density at radius 3 is 3.04 bits per heavy atom. The highest BCUT2D eigenvalue weighted by Gasteiger charge is 2.30. The Hall–Kier alpha value is -2.72. The summed E-state index contributed by atoms with van der Waals surface area (Å²) in [7, 11) is 0. The van der Waals surface area contributed by atoms with Gasteiger partial charge in [0.25, 0.3) is 5.91 Å². The molecule has 0 aliphatic heterocycles. The van der Waals surface area contributed by atoms with Crippen LogP contribution in [0, 0.1) is 19.4 Å². The Balaban J connectivity index is 1.76. The highest BCUT2D eigenvalue weighted by molar-refractivity contribution is 7.14. The van der Waals surface area contributed by atoms with Crippen molar-refractivity contribution in [2.75, 3.05) is 0 Å². The molecular formula is C18H17N5OS. The van der Waals surface area contributed by atoms with Gasteiger partial charge in [0.1, 0.15) is 5.56 Å². The molecule has 7 heteroatoms. The van der Waals surface area contributed by atoms with Gasteiger partial charge in [0, 0.05) is 11.7 Å². The van der Waals surface area contributed by atoms with Gasteiger partial charge < -0.3 is 5.32 Å². The number of hydrogen-bond acceptors (Lipinski definition) is 4. The fourth-order valence-electron chi connectivity index (χ4n) is 2.97. The van der Waals surface area contributed by atoms with Crippen LogP contribution >= 0.6 is 11.3 Å². The summed E-state index contributed by atoms with van der Waals surface area (Å²) >= 11 is 1.48. The second kappa shape index (κ2) is 5.97. The van der Waals surface area contributed by atoms with E-state index in [1.54, 1.807) is 16.8 Å². The Morgan fingerprint density at radius 1 is 1.52 bits per heavy atom. The fourth-order valence-corrected chi connectivity index (χ4v) is 3.76. The molecule has 3 aromatic rings. The van der Waals surface area contributed by atoms with Crippen molar-refractivity contribution in [3.63, 3.8) is 0 Å². The fraction of sp³-hybridized carbons (Fsp3) is 0.333. The van der Waals surface area contributed by atoms with Crippen LogP contribution in [-0.2, 0) is 0 Å². The molecule has 3 heterocycles. The van der Waals surface area contributed by atoms with Crippen molar-refractivity contribution in [2.24, 2.45) is 5.92 Å². The summed E-state index contributed by atoms with van der Waals surface area (Å²) in [6, 6.07) is 3.85. The predicted octanol–water partition coefficient (Wildman–Crippen LogP) is 3.85. The van der Waals surface area contributed by atoms with Crippen LogP contribution in [0.2, 0.25) is 0 Å². The van der Waals surface area contributed by atoms with E-state index in [4.69, 9.17) is 6.57 Å². The van der Waals surface area contributed by atoms with Gasteiger partial charge in [-0.3, -0.25) is 4.79 Å². The first kappa shape index (κ1) is 15.8. The molecule has 25 heavy (non-hydrogen) atoms. The molecule has 1 aliphatic rings. The minimum atomic E-state index is -0.143. The number of aromatic nitrogens is 3. The molecule has 0 unspecified atom stereocenters. The summed E-state index contributed by atoms with van der Waals surface area (Å²) in [4.78, 5) is 21.7. The van der Waals surface area contributed by atoms with Gasteiger partial charge in [0.2, 0.25) is 5.69 Å². The van der Waals surface area contributed by atoms with Crippen molar-refractivity contribution < 1.29 is 4.79 Å². The van der Waals surface area contributed by atoms with E-state index in [1.807, 2.05) is 25.3 Å². The SMILES string of the molecule is [C-]#[N+]c1ccsc1-c1cc(C)n2ncc(C(=O)N[C@H](C)C3CC3)c2n1. The van der Waals surface area contributed by atoms with Gasteiger partial charge >= 0.3 is 0 Å². The largest absolute Gasteiger partial charge is 0.349 e. The van der Waals surface area contributed by atoms with Gasteiger partial charge in [-0.05, 0) is 50.1 Å². The topological polar surface area (TPSA) is 63.7 Å². The molecule has 0 bridgehead atoms. The third-order valence-corrected chi connectivity index (χ3v) is 5.51. The lowest BCUT2D eigenvalue weighted by Crippen LogP contribution is -2.34. The first-order valence-corrected chi connectivity index (χ1v) is 9.08. The third-order valence-electron chi connectivity index (χ3n) is 4.58. The van der Waals surface area contributed by atoms with Gasteiger partial charge in [0.05, 0.1) is 23.3 Å². The average molecular weight is 351 g/mol. The van der Waals surface area contributed by atoms with Gasteiger partial charge in [0.15, 0.2) is 5.65 Å². The monoisotopic (exact) mass is 351 g/mol. The number of hydrogen-bond donors (Lipinski definition) is 1. The molecule has 3 aromatic heterocycles. The number of aryl methyl sites for hydroxylation is 1. The van der Waals surface area contributed by atoms with Crippen molar-refractivity contribution in [3.8, 4) is 10.6 Å². The average Bonchev–Trinajstić information content (AvgIpc) is 3.18. The normalized spacial score (nSPS) is 15.1. The molecule has 1 aliphatic carbocycles. The Bertz CT molecular complexity index is 1010. The van der Waals surface area contributed by atoms with Crippen LogP contribution in [0.1, 0.15) is 35.8 Å². The van der Waals surface area contributed by atoms with Crippen molar-refractivity contribution in [3.05, 3.63) is 46.4 Å². The number of nitrogens with zero attached hydrogens (tertiary/aromatic N) is 4. The Kier molecular flexibility index (Phi) is 3.77. The molecule has 4 rings (SSSR count). The molecule has 0 spiro atoms. The summed E-state index contributed by atoms with van der Waals surface area (Å²) < 4.78 is 1.67. The standard InChI is InChI=1S/C18H17N5OS/c1-10-8-15(16-14(19-3)6-7-25-16)22-17-13(9-20-23(10)17)18(24)21-11(2)12-4-5-12/h6-9,11-12H,4-5H2,1-2H3,(H,21,24)/t11-/m1/s1. The highest BCUT2D eigenvalue weighted by Crippen LogP contribution is 2.35. The summed E-state index contributed by atoms with van der Waals surface area (Å²) in [5.41, 5.74) is 3.15. The maximum Gasteiger partial charge on any atom is 0.256 e. The molecule has 0 radical (unpaired) electrons. The van der Waals surface area contributed by atoms with E-state index >= 15 is 0 Å². The molecule has 1 atom stereocenters. The Labute approximate surface area is 149 Å². The molecule has 126 valence electrons. The molecule has 6 nitrogen and oxygen atoms in total. The van der Waals surface area contributed by atoms with E-state index in [-0.39, 0.29) is 11.9 Å². The molecule has 0 aromatic carbocycles. The number of fused-ring (bicyclic) bond motifs is 1. The van der Waals surface area contributed by atoms with Crippen LogP contribution in [0.25, 0.3) is 21.1 Å². The summed E-state index contributed by atoms with van der Waals surface area (Å²) in [5, 5.41) is 9.24. The summed E-state index contributed by atoms with van der Waals surface area (Å²) in [5.74, 6) is 0.443. The van der Waals surface area contributed by atoms with Gasteiger partial charge in [-0.25, -0.2) is 14.3 Å². The second-order valence-electron chi connectivity index (χ2n) is 6.42. The van der Waals surface area contributed by atoms with Crippen molar-refractivity contribution in [1.82, 2.24) is 19.9 Å². The number of thiophene rings is 1. The zero-order valence-electron chi connectivity index (χ0n) is 14.0. The lowest BCUT2D eigenvalue weighted by molar-refractivity contribution is 0.0937. The molecule has 1 N–H and O–H groups in total. The van der Waals surface area contributed by atoms with Crippen LogP contribution in [-0.4, -0.2) is 26.5 Å². The predicted molar refractivity (Wildman–Crippen MR) is 97.0 cm³/mol. The smallest absolute Gasteiger partial charge is 0.256 e. The van der Waals surface area contributed by atoms with E-state index in [1.165, 1.54) is 24.2 Å². The van der Waals surface area contributed by atoms with E-state index in [2.05, 4.69) is 20.2 Å². The first-order chi connectivity index (χ1) is 12.1. The second-order valence-corrected chi connectivity index (χ2v) is 7.34. The molecule has 1 fully saturated rings. The zero-order valence-corrected chi connectivity index (χ0v) is 14.8. The van der Waals surface area contributed by atoms with Crippen LogP contribution in [0.4, 0.5) is 5.69 Å². The third kappa shape index (κ3) is 2.79. The number of nitrogens with one attached hydrogen (secondary N) is 1. The number of rotatable bonds is 4. The maximum atomic E-state index is 12.6. The van der Waals surface area contributed by atoms with E-state index < -0.39 is 0 Å². The molecular weight excluding hydrogens is 334 g/mol. The summed E-state index contributed by atoms with van der Waals surface area (Å²) in [6.45, 7) is 11.3. The van der Waals surface area contributed by atoms with Crippen LogP contribution in [0.5, 0.6) is 0 Å². The van der Waals surface area contributed by atoms with Crippen molar-refractivity contribution >= 4 is 28.6 Å². The van der Waals surface area contributed by atoms with Gasteiger partial charge in [-0.15, -0.1) is 0 Å². The Morgan fingerprint density at radius 2 is 2.32 bits per heavy atom. The minimum Gasteiger partial charge on any atom is -0.349 e.